The van der Waals surface area contributed by atoms with Crippen LogP contribution in [0.25, 0.3) is 0 Å². The Bertz CT molecular complexity index is 646. The summed E-state index contributed by atoms with van der Waals surface area (Å²) in [5.41, 5.74) is 7.98. The second kappa shape index (κ2) is 11.7. The van der Waals surface area contributed by atoms with Crippen LogP contribution in [0.5, 0.6) is 0 Å². The minimum atomic E-state index is -0.170. The van der Waals surface area contributed by atoms with Crippen LogP contribution in [0.4, 0.5) is 0 Å². The summed E-state index contributed by atoms with van der Waals surface area (Å²) in [6, 6.07) is 8.61. The molecule has 0 radical (unpaired) electrons. The lowest BCUT2D eigenvalue weighted by atomic mass is 9.97. The Morgan fingerprint density at radius 3 is 2.86 bits per heavy atom. The molecule has 1 fully saturated rings. The lowest BCUT2D eigenvalue weighted by molar-refractivity contribution is -0.123. The SMILES string of the molecule is CCCCN(C)C(=NCc1cccc(CN2CCCC(C(N)=O)C2)c1)NCC. The van der Waals surface area contributed by atoms with Gasteiger partial charge in [0.2, 0.25) is 5.91 Å². The van der Waals surface area contributed by atoms with Gasteiger partial charge in [-0.1, -0.05) is 37.6 Å². The molecule has 0 aromatic heterocycles. The molecule has 6 heteroatoms. The van der Waals surface area contributed by atoms with Crippen molar-refractivity contribution in [2.75, 3.05) is 33.2 Å². The van der Waals surface area contributed by atoms with Crippen LogP contribution in [0.2, 0.25) is 0 Å². The van der Waals surface area contributed by atoms with Crippen LogP contribution in [0.15, 0.2) is 29.3 Å². The average molecular weight is 388 g/mol. The number of carbonyl (C=O) groups is 1. The quantitative estimate of drug-likeness (QED) is 0.504. The normalized spacial score (nSPS) is 18.1. The number of aliphatic imine (C=N–C) groups is 1. The number of nitrogens with one attached hydrogen (secondary N) is 1. The number of nitrogens with zero attached hydrogens (tertiary/aromatic N) is 3. The molecule has 1 unspecified atom stereocenters. The first-order valence-corrected chi connectivity index (χ1v) is 10.6. The summed E-state index contributed by atoms with van der Waals surface area (Å²) < 4.78 is 0. The fraction of sp³-hybridized carbons (Fsp3) is 0.636. The van der Waals surface area contributed by atoms with E-state index in [1.54, 1.807) is 0 Å². The molecule has 156 valence electrons. The monoisotopic (exact) mass is 387 g/mol. The molecule has 1 amide bonds. The molecule has 1 aliphatic rings. The van der Waals surface area contributed by atoms with E-state index in [0.717, 1.165) is 51.5 Å². The number of nitrogens with two attached hydrogens (primary N) is 1. The number of hydrogen-bond acceptors (Lipinski definition) is 3. The van der Waals surface area contributed by atoms with Crippen LogP contribution in [-0.2, 0) is 17.9 Å². The largest absolute Gasteiger partial charge is 0.369 e. The van der Waals surface area contributed by atoms with Gasteiger partial charge in [0.05, 0.1) is 12.5 Å². The third-order valence-corrected chi connectivity index (χ3v) is 5.26. The average Bonchev–Trinajstić information content (AvgIpc) is 2.69. The Morgan fingerprint density at radius 1 is 1.36 bits per heavy atom. The minimum absolute atomic E-state index is 0.0112. The van der Waals surface area contributed by atoms with Gasteiger partial charge in [0.25, 0.3) is 0 Å². The Kier molecular flexibility index (Phi) is 9.28. The predicted octanol–water partition coefficient (Wildman–Crippen LogP) is 2.58. The van der Waals surface area contributed by atoms with Gasteiger partial charge >= 0.3 is 0 Å². The first-order chi connectivity index (χ1) is 13.5. The standard InChI is InChI=1S/C22H37N5O/c1-4-6-12-26(3)22(24-5-2)25-15-18-9-7-10-19(14-18)16-27-13-8-11-20(17-27)21(23)28/h7,9-10,14,20H,4-6,8,11-13,15-17H2,1-3H3,(H2,23,28)(H,24,25). The first kappa shape index (κ1) is 22.2. The van der Waals surface area contributed by atoms with E-state index in [1.807, 2.05) is 0 Å². The van der Waals surface area contributed by atoms with Gasteiger partial charge < -0.3 is 16.0 Å². The molecule has 0 aliphatic carbocycles. The van der Waals surface area contributed by atoms with Gasteiger partial charge in [0.15, 0.2) is 5.96 Å². The van der Waals surface area contributed by atoms with Gasteiger partial charge in [-0.3, -0.25) is 9.69 Å². The van der Waals surface area contributed by atoms with E-state index in [1.165, 1.54) is 24.0 Å². The van der Waals surface area contributed by atoms with Crippen LogP contribution in [0, 0.1) is 5.92 Å². The van der Waals surface area contributed by atoms with Crippen LogP contribution in [-0.4, -0.2) is 54.9 Å². The molecule has 3 N–H and O–H groups in total. The summed E-state index contributed by atoms with van der Waals surface area (Å²) in [6.07, 6.45) is 4.30. The maximum Gasteiger partial charge on any atom is 0.221 e. The van der Waals surface area contributed by atoms with Crippen molar-refractivity contribution < 1.29 is 4.79 Å². The fourth-order valence-corrected chi connectivity index (χ4v) is 3.65. The molecular formula is C22H37N5O. The molecule has 0 bridgehead atoms. The summed E-state index contributed by atoms with van der Waals surface area (Å²) in [7, 11) is 2.10. The number of primary amides is 1. The van der Waals surface area contributed by atoms with Crippen molar-refractivity contribution in [3.05, 3.63) is 35.4 Å². The summed E-state index contributed by atoms with van der Waals surface area (Å²) in [4.78, 5) is 20.9. The third kappa shape index (κ3) is 7.15. The Morgan fingerprint density at radius 2 is 2.14 bits per heavy atom. The molecule has 1 aliphatic heterocycles. The van der Waals surface area contributed by atoms with Crippen molar-refractivity contribution in [3.8, 4) is 0 Å². The van der Waals surface area contributed by atoms with E-state index in [2.05, 4.69) is 60.3 Å². The molecule has 2 rings (SSSR count). The highest BCUT2D eigenvalue weighted by molar-refractivity contribution is 5.79. The highest BCUT2D eigenvalue weighted by Crippen LogP contribution is 2.19. The number of likely N-dealkylation sites (tertiary alicyclic amines) is 1. The molecule has 1 heterocycles. The van der Waals surface area contributed by atoms with Gasteiger partial charge in [-0.05, 0) is 43.9 Å². The molecule has 1 atom stereocenters. The third-order valence-electron chi connectivity index (χ3n) is 5.26. The van der Waals surface area contributed by atoms with Crippen molar-refractivity contribution in [2.24, 2.45) is 16.6 Å². The number of unbranched alkanes of at least 4 members (excludes halogenated alkanes) is 1. The Hall–Kier alpha value is -2.08. The number of rotatable bonds is 9. The zero-order valence-electron chi connectivity index (χ0n) is 17.8. The first-order valence-electron chi connectivity index (χ1n) is 10.6. The number of benzene rings is 1. The van der Waals surface area contributed by atoms with E-state index < -0.39 is 0 Å². The van der Waals surface area contributed by atoms with Gasteiger partial charge in [-0.15, -0.1) is 0 Å². The molecule has 1 saturated heterocycles. The number of piperidine rings is 1. The predicted molar refractivity (Wildman–Crippen MR) is 116 cm³/mol. The molecule has 28 heavy (non-hydrogen) atoms. The summed E-state index contributed by atoms with van der Waals surface area (Å²) in [6.45, 7) is 9.50. The lowest BCUT2D eigenvalue weighted by Crippen LogP contribution is -2.40. The fourth-order valence-electron chi connectivity index (χ4n) is 3.65. The Labute approximate surface area is 170 Å². The second-order valence-corrected chi connectivity index (χ2v) is 7.74. The van der Waals surface area contributed by atoms with Crippen molar-refractivity contribution in [3.63, 3.8) is 0 Å². The molecule has 1 aromatic carbocycles. The zero-order valence-corrected chi connectivity index (χ0v) is 17.8. The van der Waals surface area contributed by atoms with Gasteiger partial charge in [-0.25, -0.2) is 4.99 Å². The lowest BCUT2D eigenvalue weighted by Gasteiger charge is -2.31. The molecule has 0 saturated carbocycles. The number of amides is 1. The van der Waals surface area contributed by atoms with E-state index in [0.29, 0.717) is 6.54 Å². The smallest absolute Gasteiger partial charge is 0.221 e. The summed E-state index contributed by atoms with van der Waals surface area (Å²) in [5.74, 6) is 0.778. The van der Waals surface area contributed by atoms with Crippen molar-refractivity contribution >= 4 is 11.9 Å². The van der Waals surface area contributed by atoms with Crippen molar-refractivity contribution in [2.45, 2.75) is 52.6 Å². The van der Waals surface area contributed by atoms with Crippen molar-refractivity contribution in [1.82, 2.24) is 15.1 Å². The van der Waals surface area contributed by atoms with E-state index in [4.69, 9.17) is 10.7 Å². The highest BCUT2D eigenvalue weighted by Gasteiger charge is 2.23. The topological polar surface area (TPSA) is 74.0 Å². The molecular weight excluding hydrogens is 350 g/mol. The van der Waals surface area contributed by atoms with Crippen LogP contribution in [0.3, 0.4) is 0 Å². The second-order valence-electron chi connectivity index (χ2n) is 7.74. The van der Waals surface area contributed by atoms with Crippen LogP contribution >= 0.6 is 0 Å². The summed E-state index contributed by atoms with van der Waals surface area (Å²) in [5, 5.41) is 3.38. The minimum Gasteiger partial charge on any atom is -0.369 e. The van der Waals surface area contributed by atoms with Gasteiger partial charge in [-0.2, -0.15) is 0 Å². The van der Waals surface area contributed by atoms with Crippen molar-refractivity contribution in [1.29, 1.82) is 0 Å². The molecule has 0 spiro atoms. The van der Waals surface area contributed by atoms with E-state index >= 15 is 0 Å². The van der Waals surface area contributed by atoms with E-state index in [-0.39, 0.29) is 11.8 Å². The van der Waals surface area contributed by atoms with Gasteiger partial charge in [0.1, 0.15) is 0 Å². The maximum absolute atomic E-state index is 11.5. The molecule has 1 aromatic rings. The van der Waals surface area contributed by atoms with Gasteiger partial charge in [0, 0.05) is 33.2 Å². The molecule has 6 nitrogen and oxygen atoms in total. The summed E-state index contributed by atoms with van der Waals surface area (Å²) >= 11 is 0. The number of guanidine groups is 1. The highest BCUT2D eigenvalue weighted by atomic mass is 16.1. The maximum atomic E-state index is 11.5. The Balaban J connectivity index is 1.98. The number of hydrogen-bond donors (Lipinski definition) is 2. The van der Waals surface area contributed by atoms with E-state index in [9.17, 15) is 4.79 Å². The number of carbonyl (C=O) groups excluding carboxylic acids is 1. The zero-order chi connectivity index (χ0) is 20.4. The van der Waals surface area contributed by atoms with Crippen LogP contribution in [0.1, 0.15) is 50.7 Å². The van der Waals surface area contributed by atoms with Crippen LogP contribution < -0.4 is 11.1 Å².